The molecule has 13 rings (SSSR count). The smallest absolute Gasteiger partial charge is 0.0714 e. The Balaban J connectivity index is 0.971. The van der Waals surface area contributed by atoms with Crippen molar-refractivity contribution in [1.29, 1.82) is 0 Å². The summed E-state index contributed by atoms with van der Waals surface area (Å²) in [6, 6.07) is 98.0. The van der Waals surface area contributed by atoms with Crippen LogP contribution in [0.25, 0.3) is 71.6 Å². The van der Waals surface area contributed by atoms with E-state index >= 15 is 0 Å². The lowest BCUT2D eigenvalue weighted by Crippen LogP contribution is -2.28. The van der Waals surface area contributed by atoms with Gasteiger partial charge in [-0.3, -0.25) is 0 Å². The summed E-state index contributed by atoms with van der Waals surface area (Å²) in [6.07, 6.45) is 0. The highest BCUT2D eigenvalue weighted by atomic mass is 15.1. The molecule has 11 aromatic carbocycles. The normalized spacial score (nSPS) is 12.6. The maximum atomic E-state index is 2.45. The summed E-state index contributed by atoms with van der Waals surface area (Å²) in [6.45, 7) is 0. The lowest BCUT2D eigenvalue weighted by molar-refractivity contribution is 0.768. The summed E-state index contributed by atoms with van der Waals surface area (Å²) in [5.41, 5.74) is 18.7. The van der Waals surface area contributed by atoms with Gasteiger partial charge < -0.3 is 9.47 Å². The van der Waals surface area contributed by atoms with Crippen LogP contribution in [0.2, 0.25) is 0 Å². The Morgan fingerprint density at radius 2 is 0.836 bits per heavy atom. The van der Waals surface area contributed by atoms with Crippen LogP contribution in [0.1, 0.15) is 22.3 Å². The third-order valence-corrected chi connectivity index (χ3v) is 14.1. The molecule has 1 heterocycles. The number of nitrogens with zero attached hydrogens (tertiary/aromatic N) is 2. The maximum absolute atomic E-state index is 2.45. The van der Waals surface area contributed by atoms with E-state index in [2.05, 4.69) is 276 Å². The van der Waals surface area contributed by atoms with Gasteiger partial charge in [-0.05, 0) is 122 Å². The molecule has 12 aromatic rings. The zero-order valence-electron chi connectivity index (χ0n) is 36.8. The number of aromatic nitrogens is 1. The zero-order valence-corrected chi connectivity index (χ0v) is 36.8. The molecule has 314 valence electrons. The number of fused-ring (bicyclic) bond motifs is 8. The van der Waals surface area contributed by atoms with Crippen molar-refractivity contribution in [2.45, 2.75) is 5.41 Å². The number of hydrogen-bond donors (Lipinski definition) is 0. The number of anilines is 3. The summed E-state index contributed by atoms with van der Waals surface area (Å²) in [4.78, 5) is 2.42. The molecule has 2 nitrogen and oxygen atoms in total. The van der Waals surface area contributed by atoms with E-state index < -0.39 is 5.41 Å². The fourth-order valence-corrected chi connectivity index (χ4v) is 11.1. The minimum absolute atomic E-state index is 0.508. The van der Waals surface area contributed by atoms with Gasteiger partial charge >= 0.3 is 0 Å². The van der Waals surface area contributed by atoms with Gasteiger partial charge in [0.05, 0.1) is 16.4 Å². The van der Waals surface area contributed by atoms with Crippen molar-refractivity contribution < 1.29 is 0 Å². The van der Waals surface area contributed by atoms with Gasteiger partial charge in [0, 0.05) is 38.9 Å². The van der Waals surface area contributed by atoms with Gasteiger partial charge in [0.25, 0.3) is 0 Å². The molecule has 0 spiro atoms. The molecule has 0 unspecified atom stereocenters. The molecule has 0 bridgehead atoms. The third kappa shape index (κ3) is 6.18. The lowest BCUT2D eigenvalue weighted by atomic mass is 9.67. The highest BCUT2D eigenvalue weighted by Gasteiger charge is 2.46. The number of rotatable bonds is 8. The predicted octanol–water partition coefficient (Wildman–Crippen LogP) is 17.1. The second kappa shape index (κ2) is 15.8. The van der Waals surface area contributed by atoms with Crippen LogP contribution in [0.4, 0.5) is 17.1 Å². The van der Waals surface area contributed by atoms with E-state index in [-0.39, 0.29) is 0 Å². The molecule has 0 aliphatic heterocycles. The Morgan fingerprint density at radius 1 is 0.313 bits per heavy atom. The molecule has 0 saturated carbocycles. The summed E-state index contributed by atoms with van der Waals surface area (Å²) in [7, 11) is 0. The van der Waals surface area contributed by atoms with E-state index in [0.29, 0.717) is 0 Å². The first-order chi connectivity index (χ1) is 33.2. The zero-order chi connectivity index (χ0) is 44.3. The molecule has 67 heavy (non-hydrogen) atoms. The summed E-state index contributed by atoms with van der Waals surface area (Å²) < 4.78 is 2.43. The van der Waals surface area contributed by atoms with Crippen molar-refractivity contribution in [3.63, 3.8) is 0 Å². The first kappa shape index (κ1) is 38.7. The van der Waals surface area contributed by atoms with E-state index in [1.165, 1.54) is 88.2 Å². The van der Waals surface area contributed by atoms with Gasteiger partial charge in [-0.2, -0.15) is 0 Å². The van der Waals surface area contributed by atoms with E-state index in [1.807, 2.05) is 0 Å². The molecule has 1 aliphatic carbocycles. The minimum Gasteiger partial charge on any atom is -0.310 e. The molecule has 0 saturated heterocycles. The minimum atomic E-state index is -0.508. The molecule has 1 aliphatic rings. The molecule has 0 atom stereocenters. The SMILES string of the molecule is c1ccc(-c2ccc(N(c3ccc(-c4ccc5c(c4)c4ccc6ccccc6c4n5-c4ccccc4)cc3)c3ccc4c(c3)C(c3ccccc3)(c3ccccc3)c3ccccc3-4)cc2)cc1. The molecule has 0 N–H and O–H groups in total. The Hall–Kier alpha value is -8.72. The van der Waals surface area contributed by atoms with Gasteiger partial charge in [0.1, 0.15) is 0 Å². The fourth-order valence-electron chi connectivity index (χ4n) is 11.1. The highest BCUT2D eigenvalue weighted by molar-refractivity contribution is 6.19. The van der Waals surface area contributed by atoms with Crippen LogP contribution in [0.15, 0.2) is 267 Å². The van der Waals surface area contributed by atoms with Gasteiger partial charge in [-0.15, -0.1) is 0 Å². The average molecular weight is 853 g/mol. The van der Waals surface area contributed by atoms with Crippen molar-refractivity contribution >= 4 is 49.6 Å². The Morgan fingerprint density at radius 3 is 1.52 bits per heavy atom. The van der Waals surface area contributed by atoms with Crippen LogP contribution in [0.5, 0.6) is 0 Å². The molecular formula is C65H44N2. The topological polar surface area (TPSA) is 8.17 Å². The third-order valence-electron chi connectivity index (χ3n) is 14.1. The average Bonchev–Trinajstić information content (AvgIpc) is 3.91. The van der Waals surface area contributed by atoms with Gasteiger partial charge in [0.15, 0.2) is 0 Å². The van der Waals surface area contributed by atoms with Gasteiger partial charge in [-0.1, -0.05) is 206 Å². The van der Waals surface area contributed by atoms with Gasteiger partial charge in [0.2, 0.25) is 0 Å². The number of hydrogen-bond acceptors (Lipinski definition) is 1. The van der Waals surface area contributed by atoms with Crippen LogP contribution < -0.4 is 4.90 Å². The van der Waals surface area contributed by atoms with E-state index in [0.717, 1.165) is 22.7 Å². The second-order valence-electron chi connectivity index (χ2n) is 17.6. The van der Waals surface area contributed by atoms with Crippen molar-refractivity contribution in [2.75, 3.05) is 4.90 Å². The summed E-state index contributed by atoms with van der Waals surface area (Å²) in [5.74, 6) is 0. The first-order valence-corrected chi connectivity index (χ1v) is 23.2. The van der Waals surface area contributed by atoms with E-state index in [1.54, 1.807) is 0 Å². The lowest BCUT2D eigenvalue weighted by Gasteiger charge is -2.35. The fraction of sp³-hybridized carbons (Fsp3) is 0.0154. The van der Waals surface area contributed by atoms with Crippen molar-refractivity contribution in [1.82, 2.24) is 4.57 Å². The number of para-hydroxylation sites is 1. The van der Waals surface area contributed by atoms with Crippen LogP contribution in [0, 0.1) is 0 Å². The standard InChI is InChI=1S/C65H44N2/c1-5-17-45(18-6-1)46-29-35-53(36-30-46)66(55-39-41-58-57-27-15-16-28-61(57)65(62(58)44-55,50-20-7-2-8-21-50)51-22-9-3-10-23-51)54-37-31-47(32-38-54)49-34-42-63-60(43-49)59-40-33-48-19-13-14-26-56(48)64(59)67(63)52-24-11-4-12-25-52/h1-44H. The predicted molar refractivity (Wildman–Crippen MR) is 281 cm³/mol. The van der Waals surface area contributed by atoms with Crippen LogP contribution in [-0.4, -0.2) is 4.57 Å². The monoisotopic (exact) mass is 852 g/mol. The van der Waals surface area contributed by atoms with E-state index in [9.17, 15) is 0 Å². The first-order valence-electron chi connectivity index (χ1n) is 23.2. The number of benzene rings is 11. The van der Waals surface area contributed by atoms with Crippen molar-refractivity contribution in [2.24, 2.45) is 0 Å². The molecular weight excluding hydrogens is 809 g/mol. The van der Waals surface area contributed by atoms with Crippen molar-refractivity contribution in [3.05, 3.63) is 289 Å². The quantitative estimate of drug-likeness (QED) is 0.148. The van der Waals surface area contributed by atoms with Gasteiger partial charge in [-0.25, -0.2) is 0 Å². The van der Waals surface area contributed by atoms with Crippen LogP contribution >= 0.6 is 0 Å². The Bertz CT molecular complexity index is 3720. The Kier molecular flexibility index (Phi) is 9.11. The maximum Gasteiger partial charge on any atom is 0.0714 e. The van der Waals surface area contributed by atoms with Crippen LogP contribution in [-0.2, 0) is 5.41 Å². The second-order valence-corrected chi connectivity index (χ2v) is 17.6. The van der Waals surface area contributed by atoms with E-state index in [4.69, 9.17) is 0 Å². The summed E-state index contributed by atoms with van der Waals surface area (Å²) in [5, 5.41) is 4.99. The molecule has 2 heteroatoms. The van der Waals surface area contributed by atoms with Crippen LogP contribution in [0.3, 0.4) is 0 Å². The van der Waals surface area contributed by atoms with Crippen molar-refractivity contribution in [3.8, 4) is 39.1 Å². The Labute approximate surface area is 390 Å². The highest BCUT2D eigenvalue weighted by Crippen LogP contribution is 2.57. The molecule has 1 aromatic heterocycles. The molecule has 0 radical (unpaired) electrons. The molecule has 0 amide bonds. The largest absolute Gasteiger partial charge is 0.310 e. The summed E-state index contributed by atoms with van der Waals surface area (Å²) >= 11 is 0. The molecule has 0 fully saturated rings.